The highest BCUT2D eigenvalue weighted by Crippen LogP contribution is 2.26. The van der Waals surface area contributed by atoms with E-state index in [1.54, 1.807) is 26.0 Å². The number of carboxylic acid groups (broad SMARTS) is 1. The van der Waals surface area contributed by atoms with Gasteiger partial charge in [0, 0.05) is 5.92 Å². The predicted octanol–water partition coefficient (Wildman–Crippen LogP) is 2.70. The van der Waals surface area contributed by atoms with Crippen molar-refractivity contribution in [2.45, 2.75) is 19.8 Å². The van der Waals surface area contributed by atoms with Gasteiger partial charge in [0.1, 0.15) is 5.82 Å². The van der Waals surface area contributed by atoms with Crippen molar-refractivity contribution in [3.05, 3.63) is 36.0 Å². The first kappa shape index (κ1) is 13.2. The van der Waals surface area contributed by atoms with E-state index in [4.69, 9.17) is 9.63 Å². The molecular formula is C13H13FN2O3. The lowest BCUT2D eigenvalue weighted by atomic mass is 9.96. The Morgan fingerprint density at radius 3 is 2.68 bits per heavy atom. The lowest BCUT2D eigenvalue weighted by Crippen LogP contribution is -2.16. The number of hydrogen-bond donors (Lipinski definition) is 1. The summed E-state index contributed by atoms with van der Waals surface area (Å²) < 4.78 is 18.6. The molecule has 19 heavy (non-hydrogen) atoms. The number of aliphatic carboxylic acids is 1. The number of aromatic nitrogens is 2. The Labute approximate surface area is 109 Å². The van der Waals surface area contributed by atoms with Gasteiger partial charge in [0.2, 0.25) is 11.7 Å². The molecule has 5 nitrogen and oxygen atoms in total. The lowest BCUT2D eigenvalue weighted by molar-refractivity contribution is -0.141. The van der Waals surface area contributed by atoms with E-state index >= 15 is 0 Å². The van der Waals surface area contributed by atoms with Crippen molar-refractivity contribution in [3.8, 4) is 11.4 Å². The molecule has 0 spiro atoms. The predicted molar refractivity (Wildman–Crippen MR) is 64.9 cm³/mol. The van der Waals surface area contributed by atoms with Crippen molar-refractivity contribution in [1.29, 1.82) is 0 Å². The maximum absolute atomic E-state index is 13.6. The SMILES string of the molecule is CC(C(=O)O)C(C)c1nc(-c2ccccc2F)no1. The second kappa shape index (κ2) is 5.17. The smallest absolute Gasteiger partial charge is 0.307 e. The third-order valence-corrected chi connectivity index (χ3v) is 3.09. The third kappa shape index (κ3) is 2.62. The molecule has 0 amide bonds. The number of hydrogen-bond acceptors (Lipinski definition) is 4. The third-order valence-electron chi connectivity index (χ3n) is 3.09. The van der Waals surface area contributed by atoms with Crippen molar-refractivity contribution in [2.24, 2.45) is 5.92 Å². The molecule has 0 aliphatic heterocycles. The Morgan fingerprint density at radius 1 is 1.37 bits per heavy atom. The van der Waals surface area contributed by atoms with E-state index in [-0.39, 0.29) is 17.3 Å². The van der Waals surface area contributed by atoms with Gasteiger partial charge in [-0.15, -0.1) is 0 Å². The van der Waals surface area contributed by atoms with E-state index in [2.05, 4.69) is 10.1 Å². The molecule has 0 saturated carbocycles. The topological polar surface area (TPSA) is 76.2 Å². The normalized spacial score (nSPS) is 14.1. The van der Waals surface area contributed by atoms with Gasteiger partial charge in [-0.25, -0.2) is 4.39 Å². The summed E-state index contributed by atoms with van der Waals surface area (Å²) >= 11 is 0. The van der Waals surface area contributed by atoms with Gasteiger partial charge in [-0.3, -0.25) is 4.79 Å². The Bertz CT molecular complexity index is 597. The molecule has 6 heteroatoms. The van der Waals surface area contributed by atoms with Gasteiger partial charge in [-0.2, -0.15) is 4.98 Å². The quantitative estimate of drug-likeness (QED) is 0.918. The molecule has 1 N–H and O–H groups in total. The van der Waals surface area contributed by atoms with Gasteiger partial charge < -0.3 is 9.63 Å². The van der Waals surface area contributed by atoms with Crippen molar-refractivity contribution >= 4 is 5.97 Å². The average molecular weight is 264 g/mol. The standard InChI is InChI=1S/C13H13FN2O3/c1-7(8(2)13(17)18)12-15-11(16-19-12)9-5-3-4-6-10(9)14/h3-8H,1-2H3,(H,17,18). The zero-order chi connectivity index (χ0) is 14.0. The van der Waals surface area contributed by atoms with Gasteiger partial charge in [0.25, 0.3) is 0 Å². The summed E-state index contributed by atoms with van der Waals surface area (Å²) in [6, 6.07) is 6.07. The van der Waals surface area contributed by atoms with Crippen LogP contribution in [0.15, 0.2) is 28.8 Å². The van der Waals surface area contributed by atoms with Crippen LogP contribution in [0.4, 0.5) is 4.39 Å². The number of nitrogens with zero attached hydrogens (tertiary/aromatic N) is 2. The van der Waals surface area contributed by atoms with Crippen molar-refractivity contribution in [3.63, 3.8) is 0 Å². The highest BCUT2D eigenvalue weighted by Gasteiger charge is 2.26. The first-order chi connectivity index (χ1) is 9.00. The first-order valence-electron chi connectivity index (χ1n) is 5.82. The van der Waals surface area contributed by atoms with E-state index in [0.717, 1.165) is 0 Å². The maximum Gasteiger partial charge on any atom is 0.307 e. The van der Waals surface area contributed by atoms with Gasteiger partial charge in [-0.05, 0) is 12.1 Å². The average Bonchev–Trinajstić information content (AvgIpc) is 2.86. The Hall–Kier alpha value is -2.24. The number of carbonyl (C=O) groups is 1. The minimum Gasteiger partial charge on any atom is -0.481 e. The largest absolute Gasteiger partial charge is 0.481 e. The number of halogens is 1. The summed E-state index contributed by atoms with van der Waals surface area (Å²) in [7, 11) is 0. The van der Waals surface area contributed by atoms with Crippen LogP contribution in [0.3, 0.4) is 0 Å². The van der Waals surface area contributed by atoms with Crippen LogP contribution < -0.4 is 0 Å². The van der Waals surface area contributed by atoms with E-state index in [1.165, 1.54) is 12.1 Å². The van der Waals surface area contributed by atoms with Crippen LogP contribution in [0.5, 0.6) is 0 Å². The van der Waals surface area contributed by atoms with Crippen molar-refractivity contribution in [1.82, 2.24) is 10.1 Å². The zero-order valence-corrected chi connectivity index (χ0v) is 10.5. The molecule has 0 aliphatic carbocycles. The van der Waals surface area contributed by atoms with E-state index in [0.29, 0.717) is 0 Å². The Morgan fingerprint density at radius 2 is 2.05 bits per heavy atom. The molecule has 0 aliphatic rings. The van der Waals surface area contributed by atoms with Crippen molar-refractivity contribution < 1.29 is 18.8 Å². The van der Waals surface area contributed by atoms with Crippen LogP contribution in [0, 0.1) is 11.7 Å². The molecule has 2 aromatic rings. The summed E-state index contributed by atoms with van der Waals surface area (Å²) in [5, 5.41) is 12.6. The fraction of sp³-hybridized carbons (Fsp3) is 0.308. The molecule has 0 saturated heterocycles. The Balaban J connectivity index is 2.29. The highest BCUT2D eigenvalue weighted by atomic mass is 19.1. The second-order valence-electron chi connectivity index (χ2n) is 4.35. The minimum atomic E-state index is -0.946. The number of benzene rings is 1. The molecule has 1 aromatic carbocycles. The van der Waals surface area contributed by atoms with Crippen LogP contribution in [-0.2, 0) is 4.79 Å². The fourth-order valence-corrected chi connectivity index (χ4v) is 1.60. The van der Waals surface area contributed by atoms with Crippen LogP contribution >= 0.6 is 0 Å². The van der Waals surface area contributed by atoms with Gasteiger partial charge >= 0.3 is 5.97 Å². The van der Waals surface area contributed by atoms with Crippen LogP contribution in [0.25, 0.3) is 11.4 Å². The monoisotopic (exact) mass is 264 g/mol. The molecule has 2 atom stereocenters. The molecular weight excluding hydrogens is 251 g/mol. The molecule has 0 radical (unpaired) electrons. The zero-order valence-electron chi connectivity index (χ0n) is 10.5. The molecule has 0 bridgehead atoms. The lowest BCUT2D eigenvalue weighted by Gasteiger charge is -2.10. The second-order valence-corrected chi connectivity index (χ2v) is 4.35. The minimum absolute atomic E-state index is 0.123. The van der Waals surface area contributed by atoms with Crippen molar-refractivity contribution in [2.75, 3.05) is 0 Å². The van der Waals surface area contributed by atoms with Crippen LogP contribution in [0.2, 0.25) is 0 Å². The summed E-state index contributed by atoms with van der Waals surface area (Å²) in [5.74, 6) is -2.18. The van der Waals surface area contributed by atoms with Crippen LogP contribution in [-0.4, -0.2) is 21.2 Å². The first-order valence-corrected chi connectivity index (χ1v) is 5.82. The number of carboxylic acids is 1. The summed E-state index contributed by atoms with van der Waals surface area (Å²) in [4.78, 5) is 15.0. The molecule has 100 valence electrons. The van der Waals surface area contributed by atoms with Gasteiger partial charge in [0.05, 0.1) is 11.5 Å². The number of rotatable bonds is 4. The van der Waals surface area contributed by atoms with Gasteiger partial charge in [-0.1, -0.05) is 31.1 Å². The van der Waals surface area contributed by atoms with Gasteiger partial charge in [0.15, 0.2) is 0 Å². The molecule has 1 aromatic heterocycles. The maximum atomic E-state index is 13.6. The van der Waals surface area contributed by atoms with Crippen LogP contribution in [0.1, 0.15) is 25.7 Å². The van der Waals surface area contributed by atoms with E-state index in [1.807, 2.05) is 0 Å². The van der Waals surface area contributed by atoms with E-state index in [9.17, 15) is 9.18 Å². The van der Waals surface area contributed by atoms with E-state index < -0.39 is 23.6 Å². The molecule has 2 unspecified atom stereocenters. The highest BCUT2D eigenvalue weighted by molar-refractivity contribution is 5.70. The summed E-state index contributed by atoms with van der Waals surface area (Å²) in [5.41, 5.74) is 0.229. The summed E-state index contributed by atoms with van der Waals surface area (Å²) in [6.07, 6.45) is 0. The fourth-order valence-electron chi connectivity index (χ4n) is 1.60. The molecule has 1 heterocycles. The Kier molecular flexibility index (Phi) is 3.59. The summed E-state index contributed by atoms with van der Waals surface area (Å²) in [6.45, 7) is 3.23. The molecule has 0 fully saturated rings. The molecule has 2 rings (SSSR count).